The van der Waals surface area contributed by atoms with Crippen molar-refractivity contribution in [3.63, 3.8) is 0 Å². The maximum atomic E-state index is 12.5. The number of amides is 1. The molecule has 1 aromatic heterocycles. The molecule has 0 unspecified atom stereocenters. The summed E-state index contributed by atoms with van der Waals surface area (Å²) in [5.41, 5.74) is 2.56. The van der Waals surface area contributed by atoms with Crippen molar-refractivity contribution < 1.29 is 9.21 Å². The monoisotopic (exact) mass is 312 g/mol. The predicted octanol–water partition coefficient (Wildman–Crippen LogP) is 3.22. The van der Waals surface area contributed by atoms with Gasteiger partial charge in [-0.05, 0) is 30.2 Å². The van der Waals surface area contributed by atoms with Crippen LogP contribution in [0.1, 0.15) is 11.3 Å². The average molecular weight is 312 g/mol. The molecule has 1 amide bonds. The summed E-state index contributed by atoms with van der Waals surface area (Å²) in [6, 6.07) is 12.1. The van der Waals surface area contributed by atoms with E-state index < -0.39 is 0 Å². The van der Waals surface area contributed by atoms with E-state index in [9.17, 15) is 4.79 Å². The van der Waals surface area contributed by atoms with Crippen LogP contribution in [0, 0.1) is 0 Å². The molecule has 2 aliphatic heterocycles. The molecule has 112 valence electrons. The summed E-state index contributed by atoms with van der Waals surface area (Å²) >= 11 is 1.60. The number of thioether (sulfide) groups is 1. The Morgan fingerprint density at radius 3 is 3.00 bits per heavy atom. The van der Waals surface area contributed by atoms with Gasteiger partial charge in [-0.25, -0.2) is 0 Å². The number of nitrogens with zero attached hydrogens (tertiary/aromatic N) is 2. The van der Waals surface area contributed by atoms with Gasteiger partial charge in [-0.15, -0.1) is 0 Å². The predicted molar refractivity (Wildman–Crippen MR) is 87.3 cm³/mol. The van der Waals surface area contributed by atoms with Gasteiger partial charge in [0.25, 0.3) is 5.91 Å². The fraction of sp³-hybridized carbons (Fsp3) is 0.235. The number of fused-ring (bicyclic) bond motifs is 1. The molecule has 0 atom stereocenters. The van der Waals surface area contributed by atoms with Crippen molar-refractivity contribution in [1.29, 1.82) is 0 Å². The van der Waals surface area contributed by atoms with Crippen LogP contribution in [0.5, 0.6) is 0 Å². The Hall–Kier alpha value is -2.14. The molecular weight excluding hydrogens is 296 g/mol. The molecule has 0 N–H and O–H groups in total. The first kappa shape index (κ1) is 13.5. The molecule has 0 saturated carbocycles. The lowest BCUT2D eigenvalue weighted by atomic mass is 10.2. The van der Waals surface area contributed by atoms with Gasteiger partial charge in [-0.3, -0.25) is 4.79 Å². The SMILES string of the molecule is O=C1C(=CN2CCc3ccccc32)SCN1Cc1ccco1. The second-order valence-electron chi connectivity index (χ2n) is 5.42. The smallest absolute Gasteiger partial charge is 0.262 e. The van der Waals surface area contributed by atoms with E-state index in [1.165, 1.54) is 11.3 Å². The molecule has 4 nitrogen and oxygen atoms in total. The van der Waals surface area contributed by atoms with Gasteiger partial charge >= 0.3 is 0 Å². The second-order valence-corrected chi connectivity index (χ2v) is 6.41. The van der Waals surface area contributed by atoms with Crippen LogP contribution in [-0.2, 0) is 17.8 Å². The molecule has 2 aliphatic rings. The Morgan fingerprint density at radius 1 is 1.23 bits per heavy atom. The zero-order valence-electron chi connectivity index (χ0n) is 12.1. The number of benzene rings is 1. The van der Waals surface area contributed by atoms with E-state index in [-0.39, 0.29) is 5.91 Å². The first-order valence-corrected chi connectivity index (χ1v) is 8.30. The molecule has 1 fully saturated rings. The van der Waals surface area contributed by atoms with E-state index in [1.54, 1.807) is 18.0 Å². The average Bonchev–Trinajstić information content (AvgIpc) is 3.25. The van der Waals surface area contributed by atoms with Gasteiger partial charge in [-0.1, -0.05) is 30.0 Å². The third-order valence-corrected chi connectivity index (χ3v) is 5.03. The van der Waals surface area contributed by atoms with Gasteiger partial charge in [0.05, 0.1) is 23.6 Å². The van der Waals surface area contributed by atoms with Gasteiger partial charge in [-0.2, -0.15) is 0 Å². The molecule has 0 radical (unpaired) electrons. The summed E-state index contributed by atoms with van der Waals surface area (Å²) in [6.07, 6.45) is 4.68. The number of para-hydroxylation sites is 1. The summed E-state index contributed by atoms with van der Waals surface area (Å²) in [5.74, 6) is 1.59. The highest BCUT2D eigenvalue weighted by Crippen LogP contribution is 2.33. The number of furan rings is 1. The largest absolute Gasteiger partial charge is 0.467 e. The van der Waals surface area contributed by atoms with Crippen molar-refractivity contribution in [3.8, 4) is 0 Å². The number of hydrogen-bond acceptors (Lipinski definition) is 4. The number of rotatable bonds is 3. The summed E-state index contributed by atoms with van der Waals surface area (Å²) in [4.78, 5) is 17.3. The van der Waals surface area contributed by atoms with E-state index in [0.717, 1.165) is 23.6 Å². The van der Waals surface area contributed by atoms with Crippen LogP contribution in [0.3, 0.4) is 0 Å². The quantitative estimate of drug-likeness (QED) is 0.816. The minimum Gasteiger partial charge on any atom is -0.467 e. The van der Waals surface area contributed by atoms with Crippen LogP contribution >= 0.6 is 11.8 Å². The minimum atomic E-state index is 0.0887. The van der Waals surface area contributed by atoms with Crippen LogP contribution in [0.2, 0.25) is 0 Å². The zero-order chi connectivity index (χ0) is 14.9. The number of anilines is 1. The molecule has 22 heavy (non-hydrogen) atoms. The van der Waals surface area contributed by atoms with Crippen LogP contribution in [0.15, 0.2) is 58.2 Å². The Kier molecular flexibility index (Phi) is 3.42. The van der Waals surface area contributed by atoms with Gasteiger partial charge in [0, 0.05) is 18.4 Å². The highest BCUT2D eigenvalue weighted by molar-refractivity contribution is 8.04. The van der Waals surface area contributed by atoms with Crippen LogP contribution in [0.4, 0.5) is 5.69 Å². The van der Waals surface area contributed by atoms with Crippen molar-refractivity contribution >= 4 is 23.4 Å². The van der Waals surface area contributed by atoms with E-state index in [2.05, 4.69) is 23.1 Å². The first-order valence-electron chi connectivity index (χ1n) is 7.32. The van der Waals surface area contributed by atoms with Crippen molar-refractivity contribution in [2.45, 2.75) is 13.0 Å². The molecule has 0 spiro atoms. The lowest BCUT2D eigenvalue weighted by Gasteiger charge is -2.15. The van der Waals surface area contributed by atoms with E-state index >= 15 is 0 Å². The minimum absolute atomic E-state index is 0.0887. The Labute approximate surface area is 133 Å². The molecule has 0 aliphatic carbocycles. The Morgan fingerprint density at radius 2 is 2.14 bits per heavy atom. The highest BCUT2D eigenvalue weighted by Gasteiger charge is 2.29. The summed E-state index contributed by atoms with van der Waals surface area (Å²) in [5, 5.41) is 0. The molecule has 4 rings (SSSR count). The molecule has 1 aromatic carbocycles. The highest BCUT2D eigenvalue weighted by atomic mass is 32.2. The van der Waals surface area contributed by atoms with Crippen LogP contribution in [-0.4, -0.2) is 23.2 Å². The number of carbonyl (C=O) groups excluding carboxylic acids is 1. The zero-order valence-corrected chi connectivity index (χ0v) is 12.9. The van der Waals surface area contributed by atoms with Gasteiger partial charge in [0.1, 0.15) is 5.76 Å². The molecule has 1 saturated heterocycles. The van der Waals surface area contributed by atoms with Gasteiger partial charge in [0.2, 0.25) is 0 Å². The molecular formula is C17H16N2O2S. The van der Waals surface area contributed by atoms with E-state index in [4.69, 9.17) is 4.42 Å². The normalized spacial score (nSPS) is 19.3. The molecule has 3 heterocycles. The second kappa shape index (κ2) is 5.57. The molecule has 0 bridgehead atoms. The van der Waals surface area contributed by atoms with E-state index in [0.29, 0.717) is 12.4 Å². The summed E-state index contributed by atoms with van der Waals surface area (Å²) in [6.45, 7) is 1.47. The number of hydrogen-bond donors (Lipinski definition) is 0. The van der Waals surface area contributed by atoms with Crippen molar-refractivity contribution in [1.82, 2.24) is 4.90 Å². The van der Waals surface area contributed by atoms with Crippen LogP contribution in [0.25, 0.3) is 0 Å². The standard InChI is InChI=1S/C17H16N2O2S/c20-17-16(22-12-19(17)10-14-5-3-9-21-14)11-18-8-7-13-4-1-2-6-15(13)18/h1-6,9,11H,7-8,10,12H2. The third kappa shape index (κ3) is 2.41. The lowest BCUT2D eigenvalue weighted by molar-refractivity contribution is -0.125. The Bertz CT molecular complexity index is 724. The molecule has 5 heteroatoms. The topological polar surface area (TPSA) is 36.7 Å². The van der Waals surface area contributed by atoms with E-state index in [1.807, 2.05) is 29.3 Å². The summed E-state index contributed by atoms with van der Waals surface area (Å²) < 4.78 is 5.33. The fourth-order valence-electron chi connectivity index (χ4n) is 2.86. The summed E-state index contributed by atoms with van der Waals surface area (Å²) in [7, 11) is 0. The van der Waals surface area contributed by atoms with Crippen LogP contribution < -0.4 is 4.90 Å². The fourth-order valence-corrected chi connectivity index (χ4v) is 3.82. The van der Waals surface area contributed by atoms with Crippen molar-refractivity contribution in [2.24, 2.45) is 0 Å². The Balaban J connectivity index is 1.51. The lowest BCUT2D eigenvalue weighted by Crippen LogP contribution is -2.25. The van der Waals surface area contributed by atoms with Gasteiger partial charge < -0.3 is 14.2 Å². The van der Waals surface area contributed by atoms with Crippen molar-refractivity contribution in [3.05, 3.63) is 65.1 Å². The first-order chi connectivity index (χ1) is 10.8. The number of carbonyl (C=O) groups is 1. The third-order valence-electron chi connectivity index (χ3n) is 4.00. The maximum Gasteiger partial charge on any atom is 0.262 e. The van der Waals surface area contributed by atoms with Crippen molar-refractivity contribution in [2.75, 3.05) is 17.3 Å². The molecule has 2 aromatic rings. The van der Waals surface area contributed by atoms with Gasteiger partial charge in [0.15, 0.2) is 0 Å². The maximum absolute atomic E-state index is 12.5.